The number of rotatable bonds is 3. The molecule has 0 aliphatic heterocycles. The maximum Gasteiger partial charge on any atom is 0.123 e. The Kier molecular flexibility index (Phi) is 2.93. The van der Waals surface area contributed by atoms with Crippen molar-refractivity contribution in [2.45, 2.75) is 24.9 Å². The third kappa shape index (κ3) is 1.98. The molecule has 2 rings (SSSR count). The average molecular weight is 206 g/mol. The molecule has 3 nitrogen and oxygen atoms in total. The van der Waals surface area contributed by atoms with Crippen molar-refractivity contribution >= 4 is 0 Å². The zero-order valence-electron chi connectivity index (χ0n) is 9.02. The summed E-state index contributed by atoms with van der Waals surface area (Å²) in [6, 6.07) is 8.34. The number of ether oxygens (including phenoxy) is 1. The smallest absolute Gasteiger partial charge is 0.123 e. The van der Waals surface area contributed by atoms with Crippen LogP contribution in [0.25, 0.3) is 0 Å². The Bertz CT molecular complexity index is 334. The van der Waals surface area contributed by atoms with E-state index in [0.29, 0.717) is 12.0 Å². The number of methoxy groups -OCH3 is 1. The molecular weight excluding hydrogens is 188 g/mol. The van der Waals surface area contributed by atoms with E-state index in [9.17, 15) is 0 Å². The van der Waals surface area contributed by atoms with Crippen LogP contribution in [0, 0.1) is 5.92 Å². The van der Waals surface area contributed by atoms with Gasteiger partial charge in [-0.2, -0.15) is 0 Å². The van der Waals surface area contributed by atoms with Gasteiger partial charge in [-0.05, 0) is 24.8 Å². The molecule has 1 unspecified atom stereocenters. The molecule has 1 saturated carbocycles. The van der Waals surface area contributed by atoms with E-state index in [1.54, 1.807) is 7.11 Å². The molecule has 1 aliphatic carbocycles. The largest absolute Gasteiger partial charge is 0.496 e. The highest BCUT2D eigenvalue weighted by atomic mass is 16.5. The van der Waals surface area contributed by atoms with Crippen molar-refractivity contribution in [1.29, 1.82) is 0 Å². The molecule has 3 heteroatoms. The third-order valence-corrected chi connectivity index (χ3v) is 3.22. The molecule has 0 spiro atoms. The lowest BCUT2D eigenvalue weighted by Crippen LogP contribution is -2.41. The maximum atomic E-state index is 6.20. The number of para-hydroxylation sites is 1. The lowest BCUT2D eigenvalue weighted by atomic mass is 9.74. The fraction of sp³-hybridized carbons (Fsp3) is 0.500. The summed E-state index contributed by atoms with van der Waals surface area (Å²) in [6.07, 6.45) is 2.05. The second-order valence-corrected chi connectivity index (χ2v) is 4.26. The lowest BCUT2D eigenvalue weighted by molar-refractivity contribution is 0.221. The number of benzene rings is 1. The number of nitrogens with two attached hydrogens (primary N) is 2. The van der Waals surface area contributed by atoms with Gasteiger partial charge < -0.3 is 16.2 Å². The molecule has 1 aromatic rings. The van der Waals surface area contributed by atoms with Crippen molar-refractivity contribution in [3.05, 3.63) is 29.8 Å². The summed E-state index contributed by atoms with van der Waals surface area (Å²) in [5, 5.41) is 0. The van der Waals surface area contributed by atoms with E-state index in [1.807, 2.05) is 24.3 Å². The summed E-state index contributed by atoms with van der Waals surface area (Å²) in [4.78, 5) is 0. The Labute approximate surface area is 90.4 Å². The van der Waals surface area contributed by atoms with Gasteiger partial charge in [-0.1, -0.05) is 18.2 Å². The van der Waals surface area contributed by atoms with Gasteiger partial charge >= 0.3 is 0 Å². The first-order valence-electron chi connectivity index (χ1n) is 5.36. The highest BCUT2D eigenvalue weighted by Gasteiger charge is 2.32. The quantitative estimate of drug-likeness (QED) is 0.786. The molecule has 1 aromatic carbocycles. The van der Waals surface area contributed by atoms with Crippen molar-refractivity contribution in [1.82, 2.24) is 0 Å². The van der Waals surface area contributed by atoms with Crippen molar-refractivity contribution in [2.24, 2.45) is 17.4 Å². The second-order valence-electron chi connectivity index (χ2n) is 4.26. The summed E-state index contributed by atoms with van der Waals surface area (Å²) in [5.41, 5.74) is 13.1. The van der Waals surface area contributed by atoms with Gasteiger partial charge in [-0.25, -0.2) is 0 Å². The predicted octanol–water partition coefficient (Wildman–Crippen LogP) is 1.43. The van der Waals surface area contributed by atoms with E-state index in [4.69, 9.17) is 16.2 Å². The Morgan fingerprint density at radius 3 is 2.60 bits per heavy atom. The first-order chi connectivity index (χ1) is 7.22. The molecule has 1 aliphatic rings. The van der Waals surface area contributed by atoms with E-state index in [-0.39, 0.29) is 6.04 Å². The van der Waals surface area contributed by atoms with Crippen molar-refractivity contribution < 1.29 is 4.74 Å². The monoisotopic (exact) mass is 206 g/mol. The molecule has 0 heterocycles. The molecule has 0 saturated heterocycles. The fourth-order valence-corrected chi connectivity index (χ4v) is 2.20. The van der Waals surface area contributed by atoms with Gasteiger partial charge in [0.05, 0.1) is 7.11 Å². The molecular formula is C12H18N2O. The SMILES string of the molecule is COc1ccccc1C(N)C1CC(N)C1. The second kappa shape index (κ2) is 4.21. The van der Waals surface area contributed by atoms with Gasteiger partial charge in [-0.15, -0.1) is 0 Å². The van der Waals surface area contributed by atoms with Crippen molar-refractivity contribution in [3.63, 3.8) is 0 Å². The van der Waals surface area contributed by atoms with Crippen LogP contribution in [0.4, 0.5) is 0 Å². The molecule has 1 atom stereocenters. The highest BCUT2D eigenvalue weighted by Crippen LogP contribution is 2.38. The highest BCUT2D eigenvalue weighted by molar-refractivity contribution is 5.36. The topological polar surface area (TPSA) is 61.3 Å². The molecule has 0 aromatic heterocycles. The molecule has 4 N–H and O–H groups in total. The zero-order valence-corrected chi connectivity index (χ0v) is 9.02. The van der Waals surface area contributed by atoms with Gasteiger partial charge in [0.15, 0.2) is 0 Å². The van der Waals surface area contributed by atoms with E-state index in [0.717, 1.165) is 24.2 Å². The average Bonchev–Trinajstić information content (AvgIpc) is 2.24. The van der Waals surface area contributed by atoms with Gasteiger partial charge in [0.2, 0.25) is 0 Å². The van der Waals surface area contributed by atoms with Crippen LogP contribution in [0.5, 0.6) is 5.75 Å². The third-order valence-electron chi connectivity index (χ3n) is 3.22. The van der Waals surface area contributed by atoms with E-state index in [2.05, 4.69) is 0 Å². The summed E-state index contributed by atoms with van der Waals surface area (Å²) in [5.74, 6) is 1.39. The van der Waals surface area contributed by atoms with Gasteiger partial charge in [0.25, 0.3) is 0 Å². The van der Waals surface area contributed by atoms with Crippen molar-refractivity contribution in [3.8, 4) is 5.75 Å². The van der Waals surface area contributed by atoms with Crippen LogP contribution >= 0.6 is 0 Å². The minimum absolute atomic E-state index is 0.0564. The number of hydrogen-bond donors (Lipinski definition) is 2. The van der Waals surface area contributed by atoms with Gasteiger partial charge in [0, 0.05) is 17.6 Å². The van der Waals surface area contributed by atoms with Crippen LogP contribution in [-0.2, 0) is 0 Å². The molecule has 0 radical (unpaired) electrons. The first-order valence-corrected chi connectivity index (χ1v) is 5.36. The van der Waals surface area contributed by atoms with Gasteiger partial charge in [0.1, 0.15) is 5.75 Å². The van der Waals surface area contributed by atoms with Crippen LogP contribution in [0.2, 0.25) is 0 Å². The normalized spacial score (nSPS) is 26.9. The summed E-state index contributed by atoms with van der Waals surface area (Å²) in [6.45, 7) is 0. The fourth-order valence-electron chi connectivity index (χ4n) is 2.20. The summed E-state index contributed by atoms with van der Waals surface area (Å²) >= 11 is 0. The standard InChI is InChI=1S/C12H18N2O/c1-15-11-5-3-2-4-10(11)12(14)8-6-9(13)7-8/h2-5,8-9,12H,6-7,13-14H2,1H3. The molecule has 82 valence electrons. The Morgan fingerprint density at radius 1 is 1.33 bits per heavy atom. The Hall–Kier alpha value is -1.06. The Balaban J connectivity index is 2.14. The number of hydrogen-bond acceptors (Lipinski definition) is 3. The Morgan fingerprint density at radius 2 is 2.00 bits per heavy atom. The molecule has 15 heavy (non-hydrogen) atoms. The van der Waals surface area contributed by atoms with Crippen LogP contribution in [0.3, 0.4) is 0 Å². The van der Waals surface area contributed by atoms with Crippen LogP contribution < -0.4 is 16.2 Å². The summed E-state index contributed by atoms with van der Waals surface area (Å²) in [7, 11) is 1.68. The lowest BCUT2D eigenvalue weighted by Gasteiger charge is -2.37. The molecule has 0 amide bonds. The van der Waals surface area contributed by atoms with E-state index >= 15 is 0 Å². The van der Waals surface area contributed by atoms with Crippen LogP contribution in [-0.4, -0.2) is 13.2 Å². The van der Waals surface area contributed by atoms with Crippen LogP contribution in [0.15, 0.2) is 24.3 Å². The molecule has 0 bridgehead atoms. The minimum atomic E-state index is 0.0564. The van der Waals surface area contributed by atoms with Crippen molar-refractivity contribution in [2.75, 3.05) is 7.11 Å². The minimum Gasteiger partial charge on any atom is -0.496 e. The van der Waals surface area contributed by atoms with Gasteiger partial charge in [-0.3, -0.25) is 0 Å². The first kappa shape index (κ1) is 10.5. The maximum absolute atomic E-state index is 6.20. The van der Waals surface area contributed by atoms with Crippen LogP contribution in [0.1, 0.15) is 24.4 Å². The van der Waals surface area contributed by atoms with E-state index < -0.39 is 0 Å². The summed E-state index contributed by atoms with van der Waals surface area (Å²) < 4.78 is 5.30. The zero-order chi connectivity index (χ0) is 10.8. The molecule has 1 fully saturated rings. The predicted molar refractivity (Wildman–Crippen MR) is 60.6 cm³/mol. The van der Waals surface area contributed by atoms with E-state index in [1.165, 1.54) is 0 Å².